The van der Waals surface area contributed by atoms with E-state index < -0.39 is 0 Å². The molecule has 5 aliphatic carbocycles. The molecule has 0 radical (unpaired) electrons. The quantitative estimate of drug-likeness (QED) is 0.671. The second kappa shape index (κ2) is 5.82. The Bertz CT molecular complexity index is 552. The summed E-state index contributed by atoms with van der Waals surface area (Å²) in [5, 5.41) is 0. The lowest BCUT2D eigenvalue weighted by molar-refractivity contribution is -0.148. The van der Waals surface area contributed by atoms with Gasteiger partial charge in [0.1, 0.15) is 0 Å². The fourth-order valence-corrected chi connectivity index (χ4v) is 7.72. The Hall–Kier alpha value is -0.860. The van der Waals surface area contributed by atoms with Crippen LogP contribution in [-0.4, -0.2) is 23.3 Å². The van der Waals surface area contributed by atoms with Gasteiger partial charge in [0.25, 0.3) is 0 Å². The number of carbonyl (C=O) groups is 1. The molecule has 3 heteroatoms. The lowest BCUT2D eigenvalue weighted by atomic mass is 9.47. The van der Waals surface area contributed by atoms with E-state index in [-0.39, 0.29) is 11.6 Å². The average molecular weight is 344 g/mol. The number of aliphatic imine (C=N–C) groups is 1. The van der Waals surface area contributed by atoms with Crippen molar-refractivity contribution < 1.29 is 9.53 Å². The van der Waals surface area contributed by atoms with Crippen molar-refractivity contribution in [2.24, 2.45) is 28.2 Å². The number of carbonyl (C=O) groups excluding carboxylic acids is 1. The van der Waals surface area contributed by atoms with Crippen LogP contribution < -0.4 is 0 Å². The number of nitrogens with zero attached hydrogens (tertiary/aromatic N) is 1. The minimum absolute atomic E-state index is 0.0268. The number of hydrogen-bond donors (Lipinski definition) is 0. The van der Waals surface area contributed by atoms with E-state index in [1.54, 1.807) is 0 Å². The monoisotopic (exact) mass is 343 g/mol. The molecule has 0 aromatic rings. The van der Waals surface area contributed by atoms with Gasteiger partial charge in [-0.15, -0.1) is 0 Å². The van der Waals surface area contributed by atoms with Crippen molar-refractivity contribution in [1.82, 2.24) is 0 Å². The Morgan fingerprint density at radius 2 is 1.64 bits per heavy atom. The zero-order valence-electron chi connectivity index (χ0n) is 15.8. The number of ether oxygens (including phenoxy) is 1. The molecule has 1 atom stereocenters. The first-order valence-electron chi connectivity index (χ1n) is 10.9. The van der Waals surface area contributed by atoms with Crippen LogP contribution in [0.15, 0.2) is 4.99 Å². The van der Waals surface area contributed by atoms with Crippen LogP contribution in [0.4, 0.5) is 0 Å². The highest BCUT2D eigenvalue weighted by Crippen LogP contribution is 2.62. The summed E-state index contributed by atoms with van der Waals surface area (Å²) in [5.41, 5.74) is 1.25. The number of rotatable bonds is 3. The molecule has 1 aliphatic heterocycles. The number of hydrogen-bond acceptors (Lipinski definition) is 3. The fourth-order valence-electron chi connectivity index (χ4n) is 7.72. The van der Waals surface area contributed by atoms with Gasteiger partial charge in [-0.25, -0.2) is 0 Å². The molecule has 4 bridgehead atoms. The molecule has 3 nitrogen and oxygen atoms in total. The molecule has 0 aromatic carbocycles. The third kappa shape index (κ3) is 2.59. The van der Waals surface area contributed by atoms with Crippen LogP contribution in [0, 0.1) is 23.2 Å². The van der Waals surface area contributed by atoms with Crippen LogP contribution >= 0.6 is 0 Å². The second-order valence-electron chi connectivity index (χ2n) is 9.99. The van der Waals surface area contributed by atoms with Crippen LogP contribution in [0.5, 0.6) is 0 Å². The van der Waals surface area contributed by atoms with Crippen molar-refractivity contribution in [1.29, 1.82) is 0 Å². The summed E-state index contributed by atoms with van der Waals surface area (Å²) in [4.78, 5) is 17.5. The molecule has 1 heterocycles. The molecular weight excluding hydrogens is 310 g/mol. The van der Waals surface area contributed by atoms with Crippen LogP contribution in [-0.2, 0) is 9.53 Å². The Labute approximate surface area is 152 Å². The van der Waals surface area contributed by atoms with E-state index in [0.29, 0.717) is 17.9 Å². The van der Waals surface area contributed by atoms with Crippen LogP contribution in [0.1, 0.15) is 90.4 Å². The summed E-state index contributed by atoms with van der Waals surface area (Å²) < 4.78 is 5.90. The maximum atomic E-state index is 12.1. The van der Waals surface area contributed by atoms with Crippen molar-refractivity contribution >= 4 is 11.7 Å². The van der Waals surface area contributed by atoms with Gasteiger partial charge in [-0.3, -0.25) is 9.79 Å². The van der Waals surface area contributed by atoms with Gasteiger partial charge < -0.3 is 4.74 Å². The maximum absolute atomic E-state index is 12.1. The van der Waals surface area contributed by atoms with E-state index >= 15 is 0 Å². The summed E-state index contributed by atoms with van der Waals surface area (Å²) in [7, 11) is 0. The first-order chi connectivity index (χ1) is 12.1. The molecular formula is C22H33NO2. The van der Waals surface area contributed by atoms with Gasteiger partial charge in [0.15, 0.2) is 5.60 Å². The summed E-state index contributed by atoms with van der Waals surface area (Å²) in [6, 6.07) is 0.421. The molecule has 6 rings (SSSR count). The smallest absolute Gasteiger partial charge is 0.312 e. The topological polar surface area (TPSA) is 38.7 Å². The van der Waals surface area contributed by atoms with E-state index in [9.17, 15) is 4.79 Å². The molecule has 1 unspecified atom stereocenters. The highest BCUT2D eigenvalue weighted by atomic mass is 16.6. The minimum atomic E-state index is -0.314. The zero-order chi connectivity index (χ0) is 17.1. The van der Waals surface area contributed by atoms with Crippen molar-refractivity contribution in [2.75, 3.05) is 0 Å². The molecule has 1 spiro atoms. The lowest BCUT2D eigenvalue weighted by Crippen LogP contribution is -2.51. The van der Waals surface area contributed by atoms with Crippen molar-refractivity contribution in [3.8, 4) is 0 Å². The van der Waals surface area contributed by atoms with E-state index in [4.69, 9.17) is 9.73 Å². The van der Waals surface area contributed by atoms with Gasteiger partial charge in [0, 0.05) is 0 Å². The molecule has 6 aliphatic rings. The van der Waals surface area contributed by atoms with Gasteiger partial charge in [-0.1, -0.05) is 13.3 Å². The predicted molar refractivity (Wildman–Crippen MR) is 98.6 cm³/mol. The molecule has 138 valence electrons. The SMILES string of the molecule is CCC(N=C1CC(=O)OC12CCCCC2)C12CC3CC(CC(C3)C1)C2. The van der Waals surface area contributed by atoms with E-state index in [1.165, 1.54) is 57.8 Å². The largest absolute Gasteiger partial charge is 0.453 e. The van der Waals surface area contributed by atoms with E-state index in [1.807, 2.05) is 0 Å². The zero-order valence-corrected chi connectivity index (χ0v) is 15.8. The third-order valence-corrected chi connectivity index (χ3v) is 8.30. The maximum Gasteiger partial charge on any atom is 0.312 e. The average Bonchev–Trinajstić information content (AvgIpc) is 2.86. The Kier molecular flexibility index (Phi) is 3.80. The first kappa shape index (κ1) is 16.3. The predicted octanol–water partition coefficient (Wildman–Crippen LogP) is 5.07. The highest BCUT2D eigenvalue weighted by molar-refractivity contribution is 6.09. The molecule has 0 aromatic heterocycles. The van der Waals surface area contributed by atoms with Crippen LogP contribution in [0.2, 0.25) is 0 Å². The summed E-state index contributed by atoms with van der Waals surface area (Å²) >= 11 is 0. The molecule has 1 saturated heterocycles. The highest BCUT2D eigenvalue weighted by Gasteiger charge is 2.55. The second-order valence-corrected chi connectivity index (χ2v) is 9.99. The minimum Gasteiger partial charge on any atom is -0.453 e. The van der Waals surface area contributed by atoms with Crippen LogP contribution in [0.25, 0.3) is 0 Å². The van der Waals surface area contributed by atoms with Gasteiger partial charge in [-0.2, -0.15) is 0 Å². The van der Waals surface area contributed by atoms with E-state index in [2.05, 4.69) is 6.92 Å². The van der Waals surface area contributed by atoms with Gasteiger partial charge in [0.05, 0.1) is 18.2 Å². The first-order valence-corrected chi connectivity index (χ1v) is 10.9. The third-order valence-electron chi connectivity index (χ3n) is 8.30. The number of esters is 1. The summed E-state index contributed by atoms with van der Waals surface area (Å²) in [6.07, 6.45) is 15.9. The standard InChI is InChI=1S/C22H33NO2/c1-2-18(21-12-15-8-16(13-21)10-17(9-15)14-21)23-19-11-20(24)25-22(19)6-4-3-5-7-22/h15-18H,2-14H2,1H3. The van der Waals surface area contributed by atoms with Crippen molar-refractivity contribution in [3.63, 3.8) is 0 Å². The van der Waals surface area contributed by atoms with E-state index in [0.717, 1.165) is 42.7 Å². The van der Waals surface area contributed by atoms with Gasteiger partial charge >= 0.3 is 5.97 Å². The van der Waals surface area contributed by atoms with Crippen LogP contribution in [0.3, 0.4) is 0 Å². The fraction of sp³-hybridized carbons (Fsp3) is 0.909. The van der Waals surface area contributed by atoms with Gasteiger partial charge in [0.2, 0.25) is 0 Å². The van der Waals surface area contributed by atoms with Crippen molar-refractivity contribution in [2.45, 2.75) is 102 Å². The normalized spacial score (nSPS) is 44.4. The molecule has 6 fully saturated rings. The molecule has 0 N–H and O–H groups in total. The molecule has 25 heavy (non-hydrogen) atoms. The lowest BCUT2D eigenvalue weighted by Gasteiger charge is -2.58. The Morgan fingerprint density at radius 3 is 2.20 bits per heavy atom. The van der Waals surface area contributed by atoms with Crippen molar-refractivity contribution in [3.05, 3.63) is 0 Å². The Morgan fingerprint density at radius 1 is 1.04 bits per heavy atom. The summed E-state index contributed by atoms with van der Waals surface area (Å²) in [5.74, 6) is 2.86. The van der Waals surface area contributed by atoms with Gasteiger partial charge in [-0.05, 0) is 93.8 Å². The molecule has 0 amide bonds. The summed E-state index contributed by atoms with van der Waals surface area (Å²) in [6.45, 7) is 2.32. The Balaban J connectivity index is 1.46. The molecule has 5 saturated carbocycles.